The number of aryl methyl sites for hydroxylation is 1. The summed E-state index contributed by atoms with van der Waals surface area (Å²) in [5.41, 5.74) is 2.06. The average molecular weight is 204 g/mol. The summed E-state index contributed by atoms with van der Waals surface area (Å²) in [6, 6.07) is 7.73. The minimum Gasteiger partial charge on any atom is -0.512 e. The van der Waals surface area contributed by atoms with Crippen LogP contribution in [-0.4, -0.2) is 11.1 Å². The van der Waals surface area contributed by atoms with Crippen LogP contribution in [0.4, 0.5) is 0 Å². The zero-order valence-electron chi connectivity index (χ0n) is 8.43. The molecule has 1 aromatic rings. The van der Waals surface area contributed by atoms with Crippen molar-refractivity contribution in [1.29, 1.82) is 0 Å². The van der Waals surface area contributed by atoms with E-state index in [0.717, 1.165) is 17.2 Å². The minimum atomic E-state index is -0.482. The van der Waals surface area contributed by atoms with Gasteiger partial charge in [0.1, 0.15) is 11.9 Å². The Morgan fingerprint density at radius 2 is 2.00 bits per heavy atom. The van der Waals surface area contributed by atoms with Crippen LogP contribution in [0.1, 0.15) is 23.7 Å². The van der Waals surface area contributed by atoms with Gasteiger partial charge >= 0.3 is 5.97 Å². The number of aliphatic hydroxyl groups is 1. The van der Waals surface area contributed by atoms with E-state index >= 15 is 0 Å². The molecule has 0 aromatic heterocycles. The highest BCUT2D eigenvalue weighted by Crippen LogP contribution is 2.27. The van der Waals surface area contributed by atoms with E-state index in [1.807, 2.05) is 31.2 Å². The van der Waals surface area contributed by atoms with Gasteiger partial charge in [-0.25, -0.2) is 4.79 Å². The van der Waals surface area contributed by atoms with Gasteiger partial charge in [0.05, 0.1) is 6.08 Å². The molecule has 2 rings (SSSR count). The Hall–Kier alpha value is -1.77. The van der Waals surface area contributed by atoms with E-state index in [2.05, 4.69) is 0 Å². The monoisotopic (exact) mass is 204 g/mol. The Morgan fingerprint density at radius 1 is 1.33 bits per heavy atom. The lowest BCUT2D eigenvalue weighted by Crippen LogP contribution is -2.15. The fourth-order valence-corrected chi connectivity index (χ4v) is 1.57. The first kappa shape index (κ1) is 9.77. The van der Waals surface area contributed by atoms with Gasteiger partial charge in [-0.1, -0.05) is 29.8 Å². The molecule has 1 N–H and O–H groups in total. The molecule has 0 aliphatic carbocycles. The number of hydrogen-bond acceptors (Lipinski definition) is 3. The molecular formula is C12H12O3. The molecule has 0 amide bonds. The molecule has 15 heavy (non-hydrogen) atoms. The van der Waals surface area contributed by atoms with Gasteiger partial charge in [0.2, 0.25) is 0 Å². The molecule has 1 aromatic carbocycles. The molecule has 3 nitrogen and oxygen atoms in total. The van der Waals surface area contributed by atoms with Crippen LogP contribution in [0.25, 0.3) is 0 Å². The SMILES string of the molecule is Cc1ccc(C2CC(O)=CC(=O)O2)cc1. The first-order valence-corrected chi connectivity index (χ1v) is 4.82. The van der Waals surface area contributed by atoms with Gasteiger partial charge < -0.3 is 9.84 Å². The summed E-state index contributed by atoms with van der Waals surface area (Å²) in [4.78, 5) is 11.1. The second-order valence-corrected chi connectivity index (χ2v) is 3.68. The summed E-state index contributed by atoms with van der Waals surface area (Å²) in [5.74, 6) is -0.402. The molecule has 1 aliphatic rings. The summed E-state index contributed by atoms with van der Waals surface area (Å²) in [5, 5.41) is 9.33. The number of rotatable bonds is 1. The predicted octanol–water partition coefficient (Wildman–Crippen LogP) is 2.42. The van der Waals surface area contributed by atoms with E-state index in [9.17, 15) is 9.90 Å². The van der Waals surface area contributed by atoms with Crippen LogP contribution in [0.15, 0.2) is 36.1 Å². The van der Waals surface area contributed by atoms with E-state index < -0.39 is 5.97 Å². The number of hydrogen-bond donors (Lipinski definition) is 1. The van der Waals surface area contributed by atoms with Gasteiger partial charge in [-0.15, -0.1) is 0 Å². The molecule has 0 saturated carbocycles. The fourth-order valence-electron chi connectivity index (χ4n) is 1.57. The van der Waals surface area contributed by atoms with E-state index in [0.29, 0.717) is 6.42 Å². The number of carbonyl (C=O) groups is 1. The smallest absolute Gasteiger partial charge is 0.334 e. The predicted molar refractivity (Wildman–Crippen MR) is 55.3 cm³/mol. The molecule has 0 radical (unpaired) electrons. The summed E-state index contributed by atoms with van der Waals surface area (Å²) in [7, 11) is 0. The largest absolute Gasteiger partial charge is 0.512 e. The van der Waals surface area contributed by atoms with Crippen LogP contribution in [0, 0.1) is 6.92 Å². The van der Waals surface area contributed by atoms with Crippen molar-refractivity contribution in [1.82, 2.24) is 0 Å². The summed E-state index contributed by atoms with van der Waals surface area (Å²) in [6.07, 6.45) is 1.11. The standard InChI is InChI=1S/C12H12O3/c1-8-2-4-9(5-3-8)11-6-10(13)7-12(14)15-11/h2-5,7,11,13H,6H2,1H3. The third kappa shape index (κ3) is 2.18. The molecule has 3 heteroatoms. The van der Waals surface area contributed by atoms with Crippen LogP contribution in [0.2, 0.25) is 0 Å². The topological polar surface area (TPSA) is 46.5 Å². The van der Waals surface area contributed by atoms with Gasteiger partial charge in [-0.2, -0.15) is 0 Å². The minimum absolute atomic E-state index is 0.0804. The lowest BCUT2D eigenvalue weighted by atomic mass is 10.0. The first-order chi connectivity index (χ1) is 7.15. The van der Waals surface area contributed by atoms with Gasteiger partial charge in [0.15, 0.2) is 0 Å². The fraction of sp³-hybridized carbons (Fsp3) is 0.250. The Bertz CT molecular complexity index is 403. The normalized spacial score (nSPS) is 20.7. The van der Waals surface area contributed by atoms with E-state index in [1.165, 1.54) is 0 Å². The van der Waals surface area contributed by atoms with Crippen molar-refractivity contribution >= 4 is 5.97 Å². The molecule has 78 valence electrons. The molecule has 0 spiro atoms. The maximum Gasteiger partial charge on any atom is 0.334 e. The highest BCUT2D eigenvalue weighted by molar-refractivity contribution is 5.83. The Kier molecular flexibility index (Phi) is 2.46. The molecule has 0 bridgehead atoms. The van der Waals surface area contributed by atoms with Crippen molar-refractivity contribution in [2.45, 2.75) is 19.4 Å². The Balaban J connectivity index is 2.22. The van der Waals surface area contributed by atoms with Crippen molar-refractivity contribution in [3.63, 3.8) is 0 Å². The highest BCUT2D eigenvalue weighted by atomic mass is 16.5. The van der Waals surface area contributed by atoms with Crippen LogP contribution >= 0.6 is 0 Å². The molecule has 1 aliphatic heterocycles. The van der Waals surface area contributed by atoms with Gasteiger partial charge in [-0.05, 0) is 12.5 Å². The van der Waals surface area contributed by atoms with Gasteiger partial charge in [0, 0.05) is 6.42 Å². The first-order valence-electron chi connectivity index (χ1n) is 4.82. The second-order valence-electron chi connectivity index (χ2n) is 3.68. The number of esters is 1. The molecule has 0 fully saturated rings. The maximum absolute atomic E-state index is 11.1. The van der Waals surface area contributed by atoms with Gasteiger partial charge in [-0.3, -0.25) is 0 Å². The number of cyclic esters (lactones) is 1. The van der Waals surface area contributed by atoms with Crippen LogP contribution < -0.4 is 0 Å². The van der Waals surface area contributed by atoms with Crippen LogP contribution in [-0.2, 0) is 9.53 Å². The molecule has 0 saturated heterocycles. The Morgan fingerprint density at radius 3 is 2.60 bits per heavy atom. The van der Waals surface area contributed by atoms with E-state index in [1.54, 1.807) is 0 Å². The van der Waals surface area contributed by atoms with Gasteiger partial charge in [0.25, 0.3) is 0 Å². The molecule has 1 unspecified atom stereocenters. The number of carbonyl (C=O) groups excluding carboxylic acids is 1. The van der Waals surface area contributed by atoms with Crippen molar-refractivity contribution in [2.75, 3.05) is 0 Å². The number of ether oxygens (including phenoxy) is 1. The second kappa shape index (κ2) is 3.77. The maximum atomic E-state index is 11.1. The number of benzene rings is 1. The zero-order chi connectivity index (χ0) is 10.8. The van der Waals surface area contributed by atoms with Crippen molar-refractivity contribution in [3.8, 4) is 0 Å². The summed E-state index contributed by atoms with van der Waals surface area (Å²) in [6.45, 7) is 1.99. The van der Waals surface area contributed by atoms with Crippen molar-refractivity contribution < 1.29 is 14.6 Å². The average Bonchev–Trinajstić information content (AvgIpc) is 2.17. The lowest BCUT2D eigenvalue weighted by Gasteiger charge is -2.20. The third-order valence-corrected chi connectivity index (χ3v) is 2.39. The number of aliphatic hydroxyl groups excluding tert-OH is 1. The molecule has 1 heterocycles. The van der Waals surface area contributed by atoms with Crippen LogP contribution in [0.3, 0.4) is 0 Å². The van der Waals surface area contributed by atoms with Crippen molar-refractivity contribution in [2.24, 2.45) is 0 Å². The van der Waals surface area contributed by atoms with Crippen molar-refractivity contribution in [3.05, 3.63) is 47.2 Å². The Labute approximate surface area is 88.0 Å². The molecule has 1 atom stereocenters. The lowest BCUT2D eigenvalue weighted by molar-refractivity contribution is -0.145. The zero-order valence-corrected chi connectivity index (χ0v) is 8.43. The summed E-state index contributed by atoms with van der Waals surface area (Å²) >= 11 is 0. The van der Waals surface area contributed by atoms with E-state index in [-0.39, 0.29) is 11.9 Å². The summed E-state index contributed by atoms with van der Waals surface area (Å²) < 4.78 is 5.11. The van der Waals surface area contributed by atoms with Crippen LogP contribution in [0.5, 0.6) is 0 Å². The van der Waals surface area contributed by atoms with E-state index in [4.69, 9.17) is 4.74 Å². The quantitative estimate of drug-likeness (QED) is 0.714. The molecular weight excluding hydrogens is 192 g/mol. The highest BCUT2D eigenvalue weighted by Gasteiger charge is 2.22. The third-order valence-electron chi connectivity index (χ3n) is 2.39.